The lowest BCUT2D eigenvalue weighted by atomic mass is 10.0. The molecule has 0 fully saturated rings. The minimum absolute atomic E-state index is 0.164. The van der Waals surface area contributed by atoms with Gasteiger partial charge in [-0.1, -0.05) is 18.2 Å². The molecule has 3 rings (SSSR count). The summed E-state index contributed by atoms with van der Waals surface area (Å²) in [5, 5.41) is 3.91. The van der Waals surface area contributed by atoms with Crippen LogP contribution in [-0.4, -0.2) is 23.4 Å². The molecular weight excluding hydrogens is 390 g/mol. The Balaban J connectivity index is 2.11. The molecule has 0 saturated heterocycles. The summed E-state index contributed by atoms with van der Waals surface area (Å²) < 4.78 is 23.0. The SMILES string of the molecule is CC[S+]([O-])c1cc(=O)c2cc(C)cc(C(C)Nc3ccccc3C(=O)OC)c2o1. The molecule has 2 unspecified atom stereocenters. The lowest BCUT2D eigenvalue weighted by Crippen LogP contribution is -2.14. The summed E-state index contributed by atoms with van der Waals surface area (Å²) in [7, 11) is 1.33. The maximum absolute atomic E-state index is 12.6. The monoisotopic (exact) mass is 413 g/mol. The summed E-state index contributed by atoms with van der Waals surface area (Å²) in [6, 6.07) is 11.7. The van der Waals surface area contributed by atoms with E-state index in [-0.39, 0.29) is 16.6 Å². The highest BCUT2D eigenvalue weighted by Crippen LogP contribution is 2.30. The second-order valence-corrected chi connectivity index (χ2v) is 8.37. The zero-order valence-electron chi connectivity index (χ0n) is 16.8. The molecule has 6 nitrogen and oxygen atoms in total. The molecule has 2 atom stereocenters. The van der Waals surface area contributed by atoms with E-state index in [0.717, 1.165) is 11.1 Å². The standard InChI is InChI=1S/C22H23NO5S/c1-5-29(26)20-12-19(24)17-11-13(2)10-16(21(17)28-20)14(3)23-18-9-7-6-8-15(18)22(25)27-4/h6-12,14,23H,5H2,1-4H3. The van der Waals surface area contributed by atoms with Crippen molar-refractivity contribution in [2.24, 2.45) is 0 Å². The molecule has 0 aliphatic rings. The Kier molecular flexibility index (Phi) is 6.30. The van der Waals surface area contributed by atoms with Gasteiger partial charge in [0.2, 0.25) is 0 Å². The van der Waals surface area contributed by atoms with Gasteiger partial charge in [0.05, 0.1) is 30.2 Å². The zero-order chi connectivity index (χ0) is 21.1. The van der Waals surface area contributed by atoms with Gasteiger partial charge in [-0.05, 0) is 44.5 Å². The number of ether oxygens (including phenoxy) is 1. The van der Waals surface area contributed by atoms with Crippen LogP contribution in [0.3, 0.4) is 0 Å². The number of hydrogen-bond acceptors (Lipinski definition) is 6. The topological polar surface area (TPSA) is 91.6 Å². The van der Waals surface area contributed by atoms with Crippen molar-refractivity contribution in [2.45, 2.75) is 31.9 Å². The number of carbonyl (C=O) groups excluding carboxylic acids is 1. The summed E-state index contributed by atoms with van der Waals surface area (Å²) in [5.74, 6) is -0.0859. The summed E-state index contributed by atoms with van der Waals surface area (Å²) in [5.41, 5.74) is 2.83. The van der Waals surface area contributed by atoms with E-state index in [1.165, 1.54) is 13.2 Å². The first-order valence-electron chi connectivity index (χ1n) is 9.26. The van der Waals surface area contributed by atoms with Gasteiger partial charge in [-0.25, -0.2) is 4.79 Å². The minimum Gasteiger partial charge on any atom is -0.609 e. The molecule has 29 heavy (non-hydrogen) atoms. The van der Waals surface area contributed by atoms with Gasteiger partial charge in [-0.3, -0.25) is 4.79 Å². The molecule has 3 aromatic rings. The molecule has 152 valence electrons. The summed E-state index contributed by atoms with van der Waals surface area (Å²) in [6.45, 7) is 5.58. The molecule has 0 saturated carbocycles. The highest BCUT2D eigenvalue weighted by molar-refractivity contribution is 7.91. The van der Waals surface area contributed by atoms with E-state index in [4.69, 9.17) is 9.15 Å². The lowest BCUT2D eigenvalue weighted by Gasteiger charge is -2.19. The summed E-state index contributed by atoms with van der Waals surface area (Å²) in [4.78, 5) is 24.7. The van der Waals surface area contributed by atoms with Gasteiger partial charge in [0, 0.05) is 22.4 Å². The third-order valence-corrected chi connectivity index (χ3v) is 5.81. The van der Waals surface area contributed by atoms with Gasteiger partial charge in [0.15, 0.2) is 5.43 Å². The van der Waals surface area contributed by atoms with E-state index in [2.05, 4.69) is 5.32 Å². The average molecular weight is 413 g/mol. The number of rotatable bonds is 6. The summed E-state index contributed by atoms with van der Waals surface area (Å²) in [6.07, 6.45) is 0. The van der Waals surface area contributed by atoms with Crippen LogP contribution in [0.1, 0.15) is 41.4 Å². The van der Waals surface area contributed by atoms with Crippen LogP contribution in [0.15, 0.2) is 56.8 Å². The predicted molar refractivity (Wildman–Crippen MR) is 114 cm³/mol. The van der Waals surface area contributed by atoms with Crippen LogP contribution in [0, 0.1) is 6.92 Å². The van der Waals surface area contributed by atoms with Gasteiger partial charge < -0.3 is 19.0 Å². The van der Waals surface area contributed by atoms with Crippen LogP contribution >= 0.6 is 0 Å². The molecule has 7 heteroatoms. The largest absolute Gasteiger partial charge is 0.609 e. The van der Waals surface area contributed by atoms with Crippen LogP contribution < -0.4 is 10.7 Å². The van der Waals surface area contributed by atoms with Crippen molar-refractivity contribution in [2.75, 3.05) is 18.2 Å². The van der Waals surface area contributed by atoms with Crippen molar-refractivity contribution in [1.82, 2.24) is 0 Å². The molecule has 1 heterocycles. The van der Waals surface area contributed by atoms with Gasteiger partial charge in [0.25, 0.3) is 0 Å². The molecule has 0 amide bonds. The Morgan fingerprint density at radius 2 is 2.00 bits per heavy atom. The maximum atomic E-state index is 12.6. The highest BCUT2D eigenvalue weighted by Gasteiger charge is 2.21. The predicted octanol–water partition coefficient (Wildman–Crippen LogP) is 4.19. The van der Waals surface area contributed by atoms with Gasteiger partial charge >= 0.3 is 11.1 Å². The fraction of sp³-hybridized carbons (Fsp3) is 0.273. The van der Waals surface area contributed by atoms with Crippen molar-refractivity contribution in [3.63, 3.8) is 0 Å². The highest BCUT2D eigenvalue weighted by atomic mass is 32.2. The van der Waals surface area contributed by atoms with E-state index in [1.54, 1.807) is 31.2 Å². The normalized spacial score (nSPS) is 13.1. The van der Waals surface area contributed by atoms with Gasteiger partial charge in [-0.15, -0.1) is 0 Å². The summed E-state index contributed by atoms with van der Waals surface area (Å²) >= 11 is -1.38. The number of methoxy groups -OCH3 is 1. The molecule has 0 aliphatic carbocycles. The third-order valence-electron chi connectivity index (χ3n) is 4.64. The first-order chi connectivity index (χ1) is 13.8. The third kappa shape index (κ3) is 4.31. The maximum Gasteiger partial charge on any atom is 0.339 e. The molecule has 2 aromatic carbocycles. The number of nitrogens with one attached hydrogen (secondary N) is 1. The van der Waals surface area contributed by atoms with Crippen LogP contribution in [0.25, 0.3) is 11.0 Å². The first kappa shape index (κ1) is 21.0. The molecule has 1 N–H and O–H groups in total. The van der Waals surface area contributed by atoms with Crippen molar-refractivity contribution < 1.29 is 18.5 Å². The van der Waals surface area contributed by atoms with E-state index in [1.807, 2.05) is 26.0 Å². The number of esters is 1. The van der Waals surface area contributed by atoms with E-state index >= 15 is 0 Å². The first-order valence-corrected chi connectivity index (χ1v) is 10.6. The lowest BCUT2D eigenvalue weighted by molar-refractivity contribution is 0.0602. The Labute approximate surface area is 172 Å². The number of aryl methyl sites for hydroxylation is 1. The Bertz CT molecular complexity index is 1110. The number of para-hydroxylation sites is 1. The molecule has 0 spiro atoms. The molecule has 0 bridgehead atoms. The van der Waals surface area contributed by atoms with Crippen molar-refractivity contribution >= 4 is 33.8 Å². The number of anilines is 1. The second-order valence-electron chi connectivity index (χ2n) is 6.70. The van der Waals surface area contributed by atoms with E-state index in [9.17, 15) is 14.1 Å². The van der Waals surface area contributed by atoms with Crippen LogP contribution in [0.4, 0.5) is 5.69 Å². The number of benzene rings is 2. The number of carbonyl (C=O) groups is 1. The van der Waals surface area contributed by atoms with Crippen LogP contribution in [0.2, 0.25) is 0 Å². The second kappa shape index (κ2) is 8.71. The van der Waals surface area contributed by atoms with Gasteiger partial charge in [-0.2, -0.15) is 0 Å². The quantitative estimate of drug-likeness (QED) is 0.481. The average Bonchev–Trinajstić information content (AvgIpc) is 2.72. The van der Waals surface area contributed by atoms with Crippen molar-refractivity contribution in [1.29, 1.82) is 0 Å². The molecule has 0 aliphatic heterocycles. The van der Waals surface area contributed by atoms with Gasteiger partial charge in [0.1, 0.15) is 11.3 Å². The number of fused-ring (bicyclic) bond motifs is 1. The zero-order valence-corrected chi connectivity index (χ0v) is 17.6. The van der Waals surface area contributed by atoms with E-state index in [0.29, 0.717) is 28.0 Å². The van der Waals surface area contributed by atoms with Crippen LogP contribution in [0.5, 0.6) is 0 Å². The molecular formula is C22H23NO5S. The fourth-order valence-electron chi connectivity index (χ4n) is 3.20. The van der Waals surface area contributed by atoms with Crippen molar-refractivity contribution in [3.05, 3.63) is 69.4 Å². The van der Waals surface area contributed by atoms with Crippen LogP contribution in [-0.2, 0) is 15.9 Å². The van der Waals surface area contributed by atoms with Crippen molar-refractivity contribution in [3.8, 4) is 0 Å². The number of hydrogen-bond donors (Lipinski definition) is 1. The fourth-order valence-corrected chi connectivity index (χ4v) is 3.90. The van der Waals surface area contributed by atoms with E-state index < -0.39 is 17.1 Å². The minimum atomic E-state index is -1.38. The molecule has 1 aromatic heterocycles. The Morgan fingerprint density at radius 3 is 2.69 bits per heavy atom. The molecule has 0 radical (unpaired) electrons. The Hall–Kier alpha value is -2.77. The smallest absolute Gasteiger partial charge is 0.339 e. The Morgan fingerprint density at radius 1 is 1.28 bits per heavy atom.